The van der Waals surface area contributed by atoms with Gasteiger partial charge in [0, 0.05) is 23.9 Å². The second-order valence-corrected chi connectivity index (χ2v) is 5.14. The predicted octanol–water partition coefficient (Wildman–Crippen LogP) is 2.36. The molecule has 2 N–H and O–H groups in total. The minimum absolute atomic E-state index is 0.0809. The minimum atomic E-state index is 0.0809. The normalized spacial score (nSPS) is 28.9. The van der Waals surface area contributed by atoms with E-state index in [0.717, 1.165) is 12.1 Å². The number of pyridine rings is 1. The van der Waals surface area contributed by atoms with Crippen molar-refractivity contribution in [3.8, 4) is 0 Å². The molecule has 1 atom stereocenters. The van der Waals surface area contributed by atoms with Crippen LogP contribution in [0.1, 0.15) is 26.0 Å². The molecule has 1 aromatic heterocycles. The Morgan fingerprint density at radius 1 is 1.50 bits per heavy atom. The first-order valence-corrected chi connectivity index (χ1v) is 5.22. The molecule has 1 aliphatic carbocycles. The molecular weight excluding hydrogens is 196 g/mol. The summed E-state index contributed by atoms with van der Waals surface area (Å²) in [6.07, 6.45) is 2.81. The molecule has 0 spiro atoms. The van der Waals surface area contributed by atoms with Crippen LogP contribution >= 0.6 is 11.6 Å². The van der Waals surface area contributed by atoms with E-state index in [-0.39, 0.29) is 10.8 Å². The third-order valence-corrected chi connectivity index (χ3v) is 3.70. The van der Waals surface area contributed by atoms with Crippen molar-refractivity contribution in [1.82, 2.24) is 4.98 Å². The van der Waals surface area contributed by atoms with Gasteiger partial charge in [0.1, 0.15) is 0 Å². The van der Waals surface area contributed by atoms with Crippen LogP contribution in [0.4, 0.5) is 0 Å². The van der Waals surface area contributed by atoms with Crippen molar-refractivity contribution in [3.63, 3.8) is 0 Å². The van der Waals surface area contributed by atoms with E-state index in [9.17, 15) is 0 Å². The first-order valence-electron chi connectivity index (χ1n) is 4.84. The number of rotatable bonds is 2. The van der Waals surface area contributed by atoms with Gasteiger partial charge in [-0.25, -0.2) is 0 Å². The Balaban J connectivity index is 2.36. The van der Waals surface area contributed by atoms with Gasteiger partial charge < -0.3 is 5.73 Å². The lowest BCUT2D eigenvalue weighted by molar-refractivity contribution is 0.493. The highest BCUT2D eigenvalue weighted by atomic mass is 35.5. The summed E-state index contributed by atoms with van der Waals surface area (Å²) in [5.74, 6) is 0. The summed E-state index contributed by atoms with van der Waals surface area (Å²) in [4.78, 5) is 4.37. The summed E-state index contributed by atoms with van der Waals surface area (Å²) in [7, 11) is 0. The molecule has 1 unspecified atom stereocenters. The molecule has 0 radical (unpaired) electrons. The number of aromatic nitrogens is 1. The van der Waals surface area contributed by atoms with Crippen LogP contribution < -0.4 is 5.73 Å². The lowest BCUT2D eigenvalue weighted by atomic mass is 9.92. The molecule has 2 nitrogen and oxygen atoms in total. The first kappa shape index (κ1) is 9.94. The van der Waals surface area contributed by atoms with E-state index in [1.54, 1.807) is 6.20 Å². The lowest BCUT2D eigenvalue weighted by Gasteiger charge is -2.17. The highest BCUT2D eigenvalue weighted by Crippen LogP contribution is 2.63. The number of hydrogen-bond donors (Lipinski definition) is 1. The molecule has 1 fully saturated rings. The van der Waals surface area contributed by atoms with E-state index in [1.165, 1.54) is 0 Å². The summed E-state index contributed by atoms with van der Waals surface area (Å²) in [5.41, 5.74) is 7.28. The van der Waals surface area contributed by atoms with E-state index in [4.69, 9.17) is 17.3 Å². The van der Waals surface area contributed by atoms with E-state index in [0.29, 0.717) is 11.6 Å². The molecule has 0 aromatic carbocycles. The van der Waals surface area contributed by atoms with Gasteiger partial charge in [0.25, 0.3) is 0 Å². The predicted molar refractivity (Wildman–Crippen MR) is 58.4 cm³/mol. The topological polar surface area (TPSA) is 38.9 Å². The Kier molecular flexibility index (Phi) is 2.09. The van der Waals surface area contributed by atoms with Gasteiger partial charge in [0.05, 0.1) is 5.02 Å². The van der Waals surface area contributed by atoms with Crippen molar-refractivity contribution >= 4 is 11.6 Å². The molecule has 1 saturated carbocycles. The van der Waals surface area contributed by atoms with E-state index < -0.39 is 0 Å². The highest BCUT2D eigenvalue weighted by molar-refractivity contribution is 6.30. The monoisotopic (exact) mass is 210 g/mol. The molecule has 0 aliphatic heterocycles. The molecule has 1 aromatic rings. The quantitative estimate of drug-likeness (QED) is 0.814. The number of nitrogens with two attached hydrogens (primary N) is 1. The van der Waals surface area contributed by atoms with Gasteiger partial charge in [-0.2, -0.15) is 0 Å². The first-order chi connectivity index (χ1) is 6.52. The fraction of sp³-hybridized carbons (Fsp3) is 0.545. The van der Waals surface area contributed by atoms with Crippen molar-refractivity contribution in [2.24, 2.45) is 11.1 Å². The summed E-state index contributed by atoms with van der Waals surface area (Å²) in [6, 6.07) is 3.87. The van der Waals surface area contributed by atoms with Crippen LogP contribution in [0.3, 0.4) is 0 Å². The van der Waals surface area contributed by atoms with Gasteiger partial charge in [-0.3, -0.25) is 4.98 Å². The summed E-state index contributed by atoms with van der Waals surface area (Å²) >= 11 is 5.80. The zero-order valence-corrected chi connectivity index (χ0v) is 9.30. The van der Waals surface area contributed by atoms with Gasteiger partial charge in [-0.05, 0) is 24.0 Å². The molecule has 1 heterocycles. The van der Waals surface area contributed by atoms with Crippen LogP contribution in [-0.4, -0.2) is 11.5 Å². The minimum Gasteiger partial charge on any atom is -0.330 e. The van der Waals surface area contributed by atoms with Crippen molar-refractivity contribution in [1.29, 1.82) is 0 Å². The molecule has 0 saturated heterocycles. The van der Waals surface area contributed by atoms with Crippen LogP contribution in [0.5, 0.6) is 0 Å². The van der Waals surface area contributed by atoms with Crippen molar-refractivity contribution < 1.29 is 0 Å². The van der Waals surface area contributed by atoms with Gasteiger partial charge in [-0.15, -0.1) is 0 Å². The third kappa shape index (κ3) is 1.25. The molecule has 14 heavy (non-hydrogen) atoms. The molecule has 0 amide bonds. The maximum atomic E-state index is 5.84. The Labute approximate surface area is 89.5 Å². The number of hydrogen-bond acceptors (Lipinski definition) is 2. The number of halogens is 1. The SMILES string of the molecule is CC1(C)CC1(CN)c1ccc(Cl)cn1. The molecular formula is C11H15ClN2. The van der Waals surface area contributed by atoms with Gasteiger partial charge >= 0.3 is 0 Å². The van der Waals surface area contributed by atoms with Gasteiger partial charge in [0.15, 0.2) is 0 Å². The fourth-order valence-corrected chi connectivity index (χ4v) is 2.37. The van der Waals surface area contributed by atoms with Crippen LogP contribution in [0, 0.1) is 5.41 Å². The Morgan fingerprint density at radius 3 is 2.50 bits per heavy atom. The van der Waals surface area contributed by atoms with E-state index >= 15 is 0 Å². The lowest BCUT2D eigenvalue weighted by Crippen LogP contribution is -2.26. The summed E-state index contributed by atoms with van der Waals surface area (Å²) in [5, 5.41) is 0.680. The summed E-state index contributed by atoms with van der Waals surface area (Å²) < 4.78 is 0. The van der Waals surface area contributed by atoms with Gasteiger partial charge in [-0.1, -0.05) is 25.4 Å². The molecule has 0 bridgehead atoms. The van der Waals surface area contributed by atoms with Crippen LogP contribution in [0.25, 0.3) is 0 Å². The third-order valence-electron chi connectivity index (χ3n) is 3.48. The number of nitrogens with zero attached hydrogens (tertiary/aromatic N) is 1. The van der Waals surface area contributed by atoms with Crippen molar-refractivity contribution in [3.05, 3.63) is 29.0 Å². The average molecular weight is 211 g/mol. The second kappa shape index (κ2) is 2.94. The Morgan fingerprint density at radius 2 is 2.14 bits per heavy atom. The molecule has 2 rings (SSSR count). The zero-order valence-electron chi connectivity index (χ0n) is 8.55. The molecule has 76 valence electrons. The van der Waals surface area contributed by atoms with E-state index in [1.807, 2.05) is 12.1 Å². The van der Waals surface area contributed by atoms with Gasteiger partial charge in [0.2, 0.25) is 0 Å². The van der Waals surface area contributed by atoms with Crippen LogP contribution in [0.2, 0.25) is 5.02 Å². The highest BCUT2D eigenvalue weighted by Gasteiger charge is 2.61. The van der Waals surface area contributed by atoms with Crippen LogP contribution in [-0.2, 0) is 5.41 Å². The van der Waals surface area contributed by atoms with Crippen molar-refractivity contribution in [2.45, 2.75) is 25.7 Å². The average Bonchev–Trinajstić information content (AvgIpc) is 2.71. The standard InChI is InChI=1S/C11H15ClN2/c1-10(2)6-11(10,7-13)9-4-3-8(12)5-14-9/h3-5H,6-7,13H2,1-2H3. The maximum absolute atomic E-state index is 5.84. The summed E-state index contributed by atoms with van der Waals surface area (Å²) in [6.45, 7) is 5.13. The van der Waals surface area contributed by atoms with E-state index in [2.05, 4.69) is 18.8 Å². The fourth-order valence-electron chi connectivity index (χ4n) is 2.26. The smallest absolute Gasteiger partial charge is 0.0589 e. The van der Waals surface area contributed by atoms with Crippen LogP contribution in [0.15, 0.2) is 18.3 Å². The molecule has 3 heteroatoms. The molecule has 1 aliphatic rings. The maximum Gasteiger partial charge on any atom is 0.0589 e. The Hall–Kier alpha value is -0.600. The Bertz CT molecular complexity index is 345. The second-order valence-electron chi connectivity index (χ2n) is 4.71. The largest absolute Gasteiger partial charge is 0.330 e. The zero-order chi connectivity index (χ0) is 10.4. The van der Waals surface area contributed by atoms with Crippen molar-refractivity contribution in [2.75, 3.05) is 6.54 Å².